The molecule has 228 valence electrons. The number of aliphatic hydroxyl groups excluding tert-OH is 2. The van der Waals surface area contributed by atoms with Crippen molar-refractivity contribution in [1.29, 1.82) is 0 Å². The van der Waals surface area contributed by atoms with Crippen LogP contribution in [0, 0.1) is 5.82 Å². The second-order valence-corrected chi connectivity index (χ2v) is 10.3. The number of ether oxygens (including phenoxy) is 1. The second kappa shape index (κ2) is 13.8. The van der Waals surface area contributed by atoms with Crippen LogP contribution in [0.15, 0.2) is 48.5 Å². The molecule has 2 aromatic carbocycles. The van der Waals surface area contributed by atoms with Crippen LogP contribution in [-0.4, -0.2) is 67.5 Å². The molecule has 0 unspecified atom stereocenters. The number of aliphatic hydroxyl groups is 2. The maximum atomic E-state index is 13.7. The summed E-state index contributed by atoms with van der Waals surface area (Å²) in [5, 5.41) is 33.8. The van der Waals surface area contributed by atoms with E-state index >= 15 is 0 Å². The third kappa shape index (κ3) is 9.02. The number of rotatable bonds is 13. The normalized spacial score (nSPS) is 13.2. The Morgan fingerprint density at radius 1 is 1.02 bits per heavy atom. The van der Waals surface area contributed by atoms with Crippen LogP contribution in [0.1, 0.15) is 66.3 Å². The molecule has 0 aliphatic heterocycles. The number of hydrogen-bond acceptors (Lipinski definition) is 6. The molecule has 42 heavy (non-hydrogen) atoms. The summed E-state index contributed by atoms with van der Waals surface area (Å²) in [4.78, 5) is 25.9. The average Bonchev–Trinajstić information content (AvgIpc) is 3.27. The number of aromatic nitrogens is 2. The van der Waals surface area contributed by atoms with Crippen molar-refractivity contribution in [3.8, 4) is 11.4 Å². The first kappa shape index (κ1) is 32.5. The second-order valence-electron chi connectivity index (χ2n) is 10.3. The Bertz CT molecular complexity index is 1360. The Morgan fingerprint density at radius 3 is 2.19 bits per heavy atom. The summed E-state index contributed by atoms with van der Waals surface area (Å²) in [5.41, 5.74) is 2.30. The first-order valence-electron chi connectivity index (χ1n) is 13.2. The number of carboxylic acid groups (broad SMARTS) is 1. The number of carbonyl (C=O) groups excluding carboxylic acids is 1. The SMILES string of the molecule is CC(C)c1c(C(=O)N(C)Cc2ccc(OC(F)(F)F)cc2)nn(-c2ccc(F)cc2)c1CC[C@@H](O)C[C@@H](O)CC(=O)O. The highest BCUT2D eigenvalue weighted by molar-refractivity contribution is 5.94. The number of nitrogens with zero attached hydrogens (tertiary/aromatic N) is 3. The lowest BCUT2D eigenvalue weighted by Gasteiger charge is -2.19. The number of hydrogen-bond donors (Lipinski definition) is 3. The van der Waals surface area contributed by atoms with Gasteiger partial charge < -0.3 is 25.0 Å². The summed E-state index contributed by atoms with van der Waals surface area (Å²) in [6.45, 7) is 3.78. The van der Waals surface area contributed by atoms with Crippen LogP contribution in [0.25, 0.3) is 5.69 Å². The van der Waals surface area contributed by atoms with E-state index in [2.05, 4.69) is 9.84 Å². The van der Waals surface area contributed by atoms with Gasteiger partial charge in [0.25, 0.3) is 5.91 Å². The van der Waals surface area contributed by atoms with Crippen LogP contribution in [0.4, 0.5) is 17.6 Å². The van der Waals surface area contributed by atoms with Gasteiger partial charge in [-0.2, -0.15) is 5.10 Å². The molecule has 0 aliphatic rings. The molecule has 0 saturated heterocycles. The molecule has 2 atom stereocenters. The van der Waals surface area contributed by atoms with Crippen LogP contribution in [0.2, 0.25) is 0 Å². The number of halogens is 4. The molecule has 0 saturated carbocycles. The number of carbonyl (C=O) groups is 2. The first-order chi connectivity index (χ1) is 19.6. The summed E-state index contributed by atoms with van der Waals surface area (Å²) < 4.78 is 56.5. The van der Waals surface area contributed by atoms with Gasteiger partial charge in [0.1, 0.15) is 11.6 Å². The molecule has 0 bridgehead atoms. The molecule has 0 spiro atoms. The van der Waals surface area contributed by atoms with Crippen molar-refractivity contribution in [2.24, 2.45) is 0 Å². The third-order valence-electron chi connectivity index (χ3n) is 6.46. The molecular weight excluding hydrogens is 562 g/mol. The van der Waals surface area contributed by atoms with E-state index in [1.807, 2.05) is 13.8 Å². The largest absolute Gasteiger partial charge is 0.573 e. The van der Waals surface area contributed by atoms with Crippen LogP contribution in [-0.2, 0) is 17.8 Å². The minimum atomic E-state index is -4.82. The van der Waals surface area contributed by atoms with E-state index in [-0.39, 0.29) is 43.2 Å². The molecule has 13 heteroatoms. The van der Waals surface area contributed by atoms with Crippen molar-refractivity contribution >= 4 is 11.9 Å². The van der Waals surface area contributed by atoms with Crippen molar-refractivity contribution in [3.05, 3.63) is 76.9 Å². The quantitative estimate of drug-likeness (QED) is 0.242. The van der Waals surface area contributed by atoms with Crippen molar-refractivity contribution in [2.45, 2.75) is 70.6 Å². The monoisotopic (exact) mass is 595 g/mol. The lowest BCUT2D eigenvalue weighted by atomic mass is 9.95. The minimum Gasteiger partial charge on any atom is -0.481 e. The molecule has 3 rings (SSSR count). The lowest BCUT2D eigenvalue weighted by Crippen LogP contribution is -2.27. The Morgan fingerprint density at radius 2 is 1.64 bits per heavy atom. The predicted molar refractivity (Wildman–Crippen MR) is 144 cm³/mol. The van der Waals surface area contributed by atoms with Crippen LogP contribution >= 0.6 is 0 Å². The Kier molecular flexibility index (Phi) is 10.7. The first-order valence-corrected chi connectivity index (χ1v) is 13.2. The highest BCUT2D eigenvalue weighted by Gasteiger charge is 2.31. The van der Waals surface area contributed by atoms with E-state index in [4.69, 9.17) is 5.11 Å². The summed E-state index contributed by atoms with van der Waals surface area (Å²) in [6.07, 6.45) is -7.43. The van der Waals surface area contributed by atoms with Crippen LogP contribution in [0.3, 0.4) is 0 Å². The lowest BCUT2D eigenvalue weighted by molar-refractivity contribution is -0.274. The maximum absolute atomic E-state index is 13.7. The van der Waals surface area contributed by atoms with Gasteiger partial charge in [-0.25, -0.2) is 9.07 Å². The average molecular weight is 596 g/mol. The molecule has 1 amide bonds. The van der Waals surface area contributed by atoms with Crippen LogP contribution < -0.4 is 4.74 Å². The zero-order valence-corrected chi connectivity index (χ0v) is 23.3. The fourth-order valence-corrected chi connectivity index (χ4v) is 4.61. The summed E-state index contributed by atoms with van der Waals surface area (Å²) >= 11 is 0. The molecule has 0 radical (unpaired) electrons. The number of amides is 1. The smallest absolute Gasteiger partial charge is 0.481 e. The van der Waals surface area contributed by atoms with Gasteiger partial charge in [0, 0.05) is 24.8 Å². The number of alkyl halides is 3. The van der Waals surface area contributed by atoms with E-state index in [0.29, 0.717) is 22.5 Å². The molecule has 0 fully saturated rings. The number of aliphatic carboxylic acids is 1. The van der Waals surface area contributed by atoms with E-state index in [1.165, 1.54) is 53.0 Å². The van der Waals surface area contributed by atoms with Crippen molar-refractivity contribution in [2.75, 3.05) is 7.05 Å². The van der Waals surface area contributed by atoms with Gasteiger partial charge in [-0.1, -0.05) is 26.0 Å². The van der Waals surface area contributed by atoms with Gasteiger partial charge in [-0.3, -0.25) is 9.59 Å². The Hall–Kier alpha value is -3.97. The van der Waals surface area contributed by atoms with Gasteiger partial charge in [0.05, 0.1) is 24.3 Å². The Balaban J connectivity index is 1.90. The predicted octanol–water partition coefficient (Wildman–Crippen LogP) is 4.82. The van der Waals surface area contributed by atoms with Crippen LogP contribution in [0.5, 0.6) is 5.75 Å². The topological polar surface area (TPSA) is 125 Å². The fraction of sp³-hybridized carbons (Fsp3) is 0.414. The summed E-state index contributed by atoms with van der Waals surface area (Å²) in [7, 11) is 1.52. The minimum absolute atomic E-state index is 0.0571. The van der Waals surface area contributed by atoms with Gasteiger partial charge in [0.15, 0.2) is 5.69 Å². The van der Waals surface area contributed by atoms with E-state index in [1.54, 1.807) is 0 Å². The number of benzene rings is 2. The molecule has 0 aliphatic carbocycles. The summed E-state index contributed by atoms with van der Waals surface area (Å²) in [5.74, 6) is -2.72. The van der Waals surface area contributed by atoms with Gasteiger partial charge in [-0.15, -0.1) is 13.2 Å². The van der Waals surface area contributed by atoms with E-state index in [9.17, 15) is 37.4 Å². The fourth-order valence-electron chi connectivity index (χ4n) is 4.61. The summed E-state index contributed by atoms with van der Waals surface area (Å²) in [6, 6.07) is 10.6. The highest BCUT2D eigenvalue weighted by Crippen LogP contribution is 2.30. The molecule has 3 N–H and O–H groups in total. The zero-order chi connectivity index (χ0) is 31.2. The van der Waals surface area contributed by atoms with Crippen molar-refractivity contribution in [3.63, 3.8) is 0 Å². The third-order valence-corrected chi connectivity index (χ3v) is 6.46. The Labute approximate surface area is 240 Å². The molecular formula is C29H33F4N3O6. The van der Waals surface area contributed by atoms with Crippen molar-refractivity contribution < 1.29 is 47.2 Å². The van der Waals surface area contributed by atoms with Gasteiger partial charge in [-0.05, 0) is 67.1 Å². The van der Waals surface area contributed by atoms with Gasteiger partial charge >= 0.3 is 12.3 Å². The number of carboxylic acids is 1. The standard InChI is InChI=1S/C29H33F4N3O6/c1-17(2)26-24(13-10-21(37)14-22(38)15-25(39)40)36(20-8-6-19(30)7-9-20)34-27(26)28(41)35(3)16-18-4-11-23(12-5-18)42-29(31,32)33/h4-9,11-12,17,21-22,37-38H,10,13-16H2,1-3H3,(H,39,40)/t21-,22-/m1/s1. The van der Waals surface area contributed by atoms with Crippen molar-refractivity contribution in [1.82, 2.24) is 14.7 Å². The van der Waals surface area contributed by atoms with Gasteiger partial charge in [0.2, 0.25) is 0 Å². The molecule has 1 heterocycles. The maximum Gasteiger partial charge on any atom is 0.573 e. The zero-order valence-electron chi connectivity index (χ0n) is 23.3. The van der Waals surface area contributed by atoms with E-state index < -0.39 is 42.7 Å². The molecule has 1 aromatic heterocycles. The van der Waals surface area contributed by atoms with E-state index in [0.717, 1.165) is 12.1 Å². The molecule has 3 aromatic rings. The molecule has 9 nitrogen and oxygen atoms in total. The highest BCUT2D eigenvalue weighted by atomic mass is 19.4.